The number of hydrogen-bond acceptors (Lipinski definition) is 1. The summed E-state index contributed by atoms with van der Waals surface area (Å²) in [6, 6.07) is 9.67. The monoisotopic (exact) mass is 270 g/mol. The molecule has 0 bridgehead atoms. The second kappa shape index (κ2) is 6.01. The Labute approximate surface area is 122 Å². The van der Waals surface area contributed by atoms with Crippen LogP contribution < -0.4 is 5.32 Å². The second-order valence-corrected chi connectivity index (χ2v) is 6.28. The van der Waals surface area contributed by atoms with Gasteiger partial charge in [-0.1, -0.05) is 44.9 Å². The highest BCUT2D eigenvalue weighted by molar-refractivity contribution is 5.83. The van der Waals surface area contributed by atoms with Gasteiger partial charge in [-0.05, 0) is 42.3 Å². The Balaban J connectivity index is 1.97. The van der Waals surface area contributed by atoms with Crippen molar-refractivity contribution in [1.29, 1.82) is 0 Å². The van der Waals surface area contributed by atoms with Crippen LogP contribution in [0, 0.1) is 5.92 Å². The van der Waals surface area contributed by atoms with Crippen molar-refractivity contribution in [3.05, 3.63) is 36.0 Å². The normalized spacial score (nSPS) is 23.3. The van der Waals surface area contributed by atoms with Gasteiger partial charge in [0.1, 0.15) is 0 Å². The molecule has 1 N–H and O–H groups in total. The van der Waals surface area contributed by atoms with Crippen molar-refractivity contribution in [3.8, 4) is 0 Å². The first-order valence-electron chi connectivity index (χ1n) is 8.08. The summed E-state index contributed by atoms with van der Waals surface area (Å²) in [5, 5.41) is 4.86. The van der Waals surface area contributed by atoms with E-state index in [0.29, 0.717) is 6.04 Å². The van der Waals surface area contributed by atoms with E-state index in [4.69, 9.17) is 0 Å². The van der Waals surface area contributed by atoms with E-state index in [9.17, 15) is 0 Å². The summed E-state index contributed by atoms with van der Waals surface area (Å²) >= 11 is 0. The summed E-state index contributed by atoms with van der Waals surface area (Å²) < 4.78 is 2.55. The van der Waals surface area contributed by atoms with Gasteiger partial charge in [-0.15, -0.1) is 0 Å². The molecule has 108 valence electrons. The van der Waals surface area contributed by atoms with Gasteiger partial charge in [0.15, 0.2) is 0 Å². The minimum Gasteiger partial charge on any atom is -0.344 e. The van der Waals surface area contributed by atoms with Gasteiger partial charge in [-0.3, -0.25) is 0 Å². The Morgan fingerprint density at radius 1 is 1.25 bits per heavy atom. The van der Waals surface area contributed by atoms with Crippen LogP contribution in [0.4, 0.5) is 0 Å². The van der Waals surface area contributed by atoms with Crippen LogP contribution in [0.1, 0.15) is 51.1 Å². The number of para-hydroxylation sites is 1. The van der Waals surface area contributed by atoms with Gasteiger partial charge in [0.25, 0.3) is 0 Å². The van der Waals surface area contributed by atoms with E-state index in [2.05, 4.69) is 54.2 Å². The molecule has 1 heterocycles. The maximum Gasteiger partial charge on any atom is 0.0528 e. The van der Waals surface area contributed by atoms with Gasteiger partial charge in [0.05, 0.1) is 5.52 Å². The SMILES string of the molecule is CCNCc1cccc2ccn(C3CCCC(C)C3)c12. The predicted octanol–water partition coefficient (Wildman–Crippen LogP) is 4.50. The molecule has 0 aliphatic heterocycles. The molecule has 1 aliphatic rings. The zero-order valence-corrected chi connectivity index (χ0v) is 12.7. The lowest BCUT2D eigenvalue weighted by atomic mass is 9.87. The van der Waals surface area contributed by atoms with Crippen LogP contribution in [0.25, 0.3) is 10.9 Å². The molecule has 1 saturated carbocycles. The van der Waals surface area contributed by atoms with E-state index in [1.165, 1.54) is 42.1 Å². The number of rotatable bonds is 4. The van der Waals surface area contributed by atoms with Crippen molar-refractivity contribution in [2.75, 3.05) is 6.54 Å². The zero-order chi connectivity index (χ0) is 13.9. The van der Waals surface area contributed by atoms with Crippen molar-refractivity contribution in [1.82, 2.24) is 9.88 Å². The average molecular weight is 270 g/mol. The summed E-state index contributed by atoms with van der Waals surface area (Å²) in [6.45, 7) is 6.57. The predicted molar refractivity (Wildman–Crippen MR) is 86.0 cm³/mol. The lowest BCUT2D eigenvalue weighted by Gasteiger charge is -2.29. The number of aromatic nitrogens is 1. The summed E-state index contributed by atoms with van der Waals surface area (Å²) in [7, 11) is 0. The summed E-state index contributed by atoms with van der Waals surface area (Å²) in [6.07, 6.45) is 7.76. The minimum atomic E-state index is 0.694. The topological polar surface area (TPSA) is 17.0 Å². The fourth-order valence-electron chi connectivity index (χ4n) is 3.66. The summed E-state index contributed by atoms with van der Waals surface area (Å²) in [5.41, 5.74) is 2.89. The van der Waals surface area contributed by atoms with Crippen molar-refractivity contribution >= 4 is 10.9 Å². The highest BCUT2D eigenvalue weighted by atomic mass is 15.0. The van der Waals surface area contributed by atoms with Crippen LogP contribution in [0.5, 0.6) is 0 Å². The van der Waals surface area contributed by atoms with Crippen LogP contribution in [0.2, 0.25) is 0 Å². The molecule has 2 heteroatoms. The van der Waals surface area contributed by atoms with E-state index in [0.717, 1.165) is 19.0 Å². The lowest BCUT2D eigenvalue weighted by Crippen LogP contribution is -2.18. The van der Waals surface area contributed by atoms with Crippen molar-refractivity contribution < 1.29 is 0 Å². The molecule has 3 rings (SSSR count). The number of nitrogens with zero attached hydrogens (tertiary/aromatic N) is 1. The Bertz CT molecular complexity index is 570. The smallest absolute Gasteiger partial charge is 0.0528 e. The molecule has 0 spiro atoms. The van der Waals surface area contributed by atoms with Gasteiger partial charge in [-0.25, -0.2) is 0 Å². The third-order valence-electron chi connectivity index (χ3n) is 4.69. The largest absolute Gasteiger partial charge is 0.344 e. The number of hydrogen-bond donors (Lipinski definition) is 1. The van der Waals surface area contributed by atoms with E-state index in [1.54, 1.807) is 0 Å². The maximum atomic E-state index is 3.47. The molecule has 1 aromatic heterocycles. The van der Waals surface area contributed by atoms with Gasteiger partial charge in [0.2, 0.25) is 0 Å². The van der Waals surface area contributed by atoms with Gasteiger partial charge >= 0.3 is 0 Å². The third-order valence-corrected chi connectivity index (χ3v) is 4.69. The fourth-order valence-corrected chi connectivity index (χ4v) is 3.66. The van der Waals surface area contributed by atoms with Gasteiger partial charge in [-0.2, -0.15) is 0 Å². The van der Waals surface area contributed by atoms with Crippen LogP contribution in [0.15, 0.2) is 30.5 Å². The van der Waals surface area contributed by atoms with Crippen molar-refractivity contribution in [2.45, 2.75) is 52.1 Å². The minimum absolute atomic E-state index is 0.694. The molecule has 2 aromatic rings. The fraction of sp³-hybridized carbons (Fsp3) is 0.556. The van der Waals surface area contributed by atoms with Gasteiger partial charge < -0.3 is 9.88 Å². The molecule has 0 radical (unpaired) electrons. The summed E-state index contributed by atoms with van der Waals surface area (Å²) in [4.78, 5) is 0. The number of nitrogens with one attached hydrogen (secondary N) is 1. The zero-order valence-electron chi connectivity index (χ0n) is 12.7. The molecular formula is C18H26N2. The molecule has 2 atom stereocenters. The standard InChI is InChI=1S/C18H26N2/c1-3-19-13-16-8-5-7-15-10-11-20(18(15)16)17-9-4-6-14(2)12-17/h5,7-8,10-11,14,17,19H,3-4,6,9,12-13H2,1-2H3. The maximum absolute atomic E-state index is 3.47. The average Bonchev–Trinajstić information content (AvgIpc) is 2.89. The number of fused-ring (bicyclic) bond motifs is 1. The first-order valence-corrected chi connectivity index (χ1v) is 8.08. The molecule has 1 aliphatic carbocycles. The molecular weight excluding hydrogens is 244 g/mol. The Morgan fingerprint density at radius 3 is 2.95 bits per heavy atom. The van der Waals surface area contributed by atoms with Crippen LogP contribution in [-0.2, 0) is 6.54 Å². The molecule has 20 heavy (non-hydrogen) atoms. The molecule has 0 saturated heterocycles. The van der Waals surface area contributed by atoms with Crippen molar-refractivity contribution in [2.24, 2.45) is 5.92 Å². The Kier molecular flexibility index (Phi) is 4.11. The second-order valence-electron chi connectivity index (χ2n) is 6.28. The Hall–Kier alpha value is -1.28. The quantitative estimate of drug-likeness (QED) is 0.865. The van der Waals surface area contributed by atoms with E-state index >= 15 is 0 Å². The molecule has 2 nitrogen and oxygen atoms in total. The highest BCUT2D eigenvalue weighted by Crippen LogP contribution is 2.35. The van der Waals surface area contributed by atoms with Crippen molar-refractivity contribution in [3.63, 3.8) is 0 Å². The Morgan fingerprint density at radius 2 is 2.15 bits per heavy atom. The van der Waals surface area contributed by atoms with Crippen LogP contribution in [0.3, 0.4) is 0 Å². The molecule has 2 unspecified atom stereocenters. The van der Waals surface area contributed by atoms with Crippen LogP contribution in [-0.4, -0.2) is 11.1 Å². The van der Waals surface area contributed by atoms with Crippen LogP contribution >= 0.6 is 0 Å². The molecule has 0 amide bonds. The first-order chi connectivity index (χ1) is 9.79. The molecule has 1 fully saturated rings. The first kappa shape index (κ1) is 13.7. The third kappa shape index (κ3) is 2.62. The van der Waals surface area contributed by atoms with Gasteiger partial charge in [0, 0.05) is 18.8 Å². The van der Waals surface area contributed by atoms with E-state index in [-0.39, 0.29) is 0 Å². The summed E-state index contributed by atoms with van der Waals surface area (Å²) in [5.74, 6) is 0.868. The molecule has 1 aromatic carbocycles. The highest BCUT2D eigenvalue weighted by Gasteiger charge is 2.21. The number of benzene rings is 1. The van der Waals surface area contributed by atoms with E-state index in [1.807, 2.05) is 0 Å². The lowest BCUT2D eigenvalue weighted by molar-refractivity contribution is 0.287. The van der Waals surface area contributed by atoms with E-state index < -0.39 is 0 Å².